The molecule has 0 radical (unpaired) electrons. The Balaban J connectivity index is 2.53. The van der Waals surface area contributed by atoms with Crippen LogP contribution in [0.3, 0.4) is 0 Å². The summed E-state index contributed by atoms with van der Waals surface area (Å²) in [6, 6.07) is 4.46. The Morgan fingerprint density at radius 3 is 2.25 bits per heavy atom. The van der Waals surface area contributed by atoms with E-state index in [-0.39, 0.29) is 0 Å². The molecular formula is C17H25FN2O4. The van der Waals surface area contributed by atoms with Crippen LogP contribution < -0.4 is 11.1 Å². The molecular weight excluding hydrogens is 315 g/mol. The molecule has 0 aliphatic heterocycles. The summed E-state index contributed by atoms with van der Waals surface area (Å²) in [5.74, 6) is -0.399. The van der Waals surface area contributed by atoms with Gasteiger partial charge in [0.05, 0.1) is 0 Å². The lowest BCUT2D eigenvalue weighted by Crippen LogP contribution is -2.40. The molecule has 24 heavy (non-hydrogen) atoms. The third kappa shape index (κ3) is 7.30. The molecule has 0 saturated heterocycles. The van der Waals surface area contributed by atoms with Gasteiger partial charge >= 0.3 is 12.2 Å². The van der Waals surface area contributed by atoms with Gasteiger partial charge in [-0.15, -0.1) is 0 Å². The monoisotopic (exact) mass is 340 g/mol. The summed E-state index contributed by atoms with van der Waals surface area (Å²) in [6.45, 7) is 8.41. The van der Waals surface area contributed by atoms with Crippen molar-refractivity contribution in [3.05, 3.63) is 29.6 Å². The van der Waals surface area contributed by atoms with Crippen LogP contribution in [-0.2, 0) is 15.9 Å². The number of anilines is 1. The number of ether oxygens (including phenoxy) is 2. The second-order valence-corrected chi connectivity index (χ2v) is 7.13. The largest absolute Gasteiger partial charge is 0.443 e. The zero-order valence-corrected chi connectivity index (χ0v) is 14.7. The van der Waals surface area contributed by atoms with Gasteiger partial charge in [-0.3, -0.25) is 0 Å². The van der Waals surface area contributed by atoms with Crippen molar-refractivity contribution in [1.29, 1.82) is 0 Å². The summed E-state index contributed by atoms with van der Waals surface area (Å²) in [6.07, 6.45) is -1.06. The van der Waals surface area contributed by atoms with E-state index in [1.807, 2.05) is 5.32 Å². The van der Waals surface area contributed by atoms with Crippen LogP contribution in [0.1, 0.15) is 46.6 Å². The summed E-state index contributed by atoms with van der Waals surface area (Å²) < 4.78 is 23.9. The van der Waals surface area contributed by atoms with Crippen molar-refractivity contribution in [1.82, 2.24) is 5.32 Å². The standard InChI is InChI=1S/C17H25FN2O4/c1-16(2,3)23-14(21)20-15(22)24-17(4,5)9-8-11-6-7-12(19)10-13(11)18/h6-7,10H,8-9,19H2,1-5H3,(H,20,21,22). The highest BCUT2D eigenvalue weighted by Crippen LogP contribution is 2.21. The number of nitrogens with two attached hydrogens (primary N) is 1. The van der Waals surface area contributed by atoms with Crippen molar-refractivity contribution in [2.45, 2.75) is 58.7 Å². The van der Waals surface area contributed by atoms with Crippen LogP contribution >= 0.6 is 0 Å². The number of aryl methyl sites for hydroxylation is 1. The number of carbonyl (C=O) groups excluding carboxylic acids is 2. The lowest BCUT2D eigenvalue weighted by molar-refractivity contribution is 0.0238. The van der Waals surface area contributed by atoms with E-state index in [9.17, 15) is 14.0 Å². The van der Waals surface area contributed by atoms with Crippen molar-refractivity contribution < 1.29 is 23.5 Å². The molecule has 3 N–H and O–H groups in total. The molecule has 2 amide bonds. The molecule has 6 nitrogen and oxygen atoms in total. The van der Waals surface area contributed by atoms with Crippen molar-refractivity contribution in [3.8, 4) is 0 Å². The number of alkyl carbamates (subject to hydrolysis) is 2. The van der Waals surface area contributed by atoms with Crippen LogP contribution in [0.5, 0.6) is 0 Å². The number of nitrogens with one attached hydrogen (secondary N) is 1. The number of nitrogen functional groups attached to an aromatic ring is 1. The van der Waals surface area contributed by atoms with Gasteiger partial charge < -0.3 is 15.2 Å². The van der Waals surface area contributed by atoms with Gasteiger partial charge in [0.15, 0.2) is 0 Å². The number of carbonyl (C=O) groups is 2. The molecule has 7 heteroatoms. The molecule has 0 aromatic heterocycles. The molecule has 0 aliphatic rings. The van der Waals surface area contributed by atoms with Crippen LogP contribution in [0, 0.1) is 5.82 Å². The zero-order valence-electron chi connectivity index (χ0n) is 14.7. The number of hydrogen-bond donors (Lipinski definition) is 2. The van der Waals surface area contributed by atoms with E-state index in [4.69, 9.17) is 15.2 Å². The molecule has 134 valence electrons. The van der Waals surface area contributed by atoms with E-state index in [0.717, 1.165) is 0 Å². The molecule has 0 spiro atoms. The first-order chi connectivity index (χ1) is 10.9. The fourth-order valence-electron chi connectivity index (χ4n) is 1.92. The topological polar surface area (TPSA) is 90.6 Å². The number of hydrogen-bond acceptors (Lipinski definition) is 5. The quantitative estimate of drug-likeness (QED) is 0.814. The Morgan fingerprint density at radius 2 is 1.71 bits per heavy atom. The lowest BCUT2D eigenvalue weighted by Gasteiger charge is -2.25. The van der Waals surface area contributed by atoms with Gasteiger partial charge in [-0.25, -0.2) is 19.3 Å². The van der Waals surface area contributed by atoms with E-state index < -0.39 is 29.2 Å². The summed E-state index contributed by atoms with van der Waals surface area (Å²) in [7, 11) is 0. The first-order valence-electron chi connectivity index (χ1n) is 7.65. The third-order valence-electron chi connectivity index (χ3n) is 3.05. The molecule has 0 heterocycles. The van der Waals surface area contributed by atoms with Gasteiger partial charge in [0.25, 0.3) is 0 Å². The second kappa shape index (κ2) is 7.51. The Morgan fingerprint density at radius 1 is 1.12 bits per heavy atom. The minimum absolute atomic E-state index is 0.350. The van der Waals surface area contributed by atoms with Crippen LogP contribution in [0.15, 0.2) is 18.2 Å². The van der Waals surface area contributed by atoms with Crippen molar-refractivity contribution in [3.63, 3.8) is 0 Å². The molecule has 1 aromatic carbocycles. The smallest absolute Gasteiger partial charge is 0.417 e. The van der Waals surface area contributed by atoms with Gasteiger partial charge in [0, 0.05) is 5.69 Å². The van der Waals surface area contributed by atoms with Crippen LogP contribution in [-0.4, -0.2) is 23.4 Å². The fourth-order valence-corrected chi connectivity index (χ4v) is 1.92. The Kier molecular flexibility index (Phi) is 6.17. The Bertz CT molecular complexity index is 609. The van der Waals surface area contributed by atoms with E-state index in [1.54, 1.807) is 46.8 Å². The first kappa shape index (κ1) is 19.7. The Labute approximate surface area is 141 Å². The Hall–Kier alpha value is -2.31. The van der Waals surface area contributed by atoms with E-state index in [2.05, 4.69) is 0 Å². The minimum Gasteiger partial charge on any atom is -0.443 e. The SMILES string of the molecule is CC(C)(C)OC(=O)NC(=O)OC(C)(C)CCc1ccc(N)cc1F. The van der Waals surface area contributed by atoms with Gasteiger partial charge in [0.2, 0.25) is 0 Å². The average molecular weight is 340 g/mol. The molecule has 0 atom stereocenters. The maximum atomic E-state index is 13.8. The molecule has 0 fully saturated rings. The second-order valence-electron chi connectivity index (χ2n) is 7.13. The van der Waals surface area contributed by atoms with E-state index in [1.165, 1.54) is 6.07 Å². The van der Waals surface area contributed by atoms with Gasteiger partial charge in [0.1, 0.15) is 17.0 Å². The maximum absolute atomic E-state index is 13.8. The fraction of sp³-hybridized carbons (Fsp3) is 0.529. The van der Waals surface area contributed by atoms with Gasteiger partial charge in [-0.1, -0.05) is 6.07 Å². The molecule has 1 rings (SSSR count). The first-order valence-corrected chi connectivity index (χ1v) is 7.65. The van der Waals surface area contributed by atoms with Gasteiger partial charge in [-0.05, 0) is 65.2 Å². The summed E-state index contributed by atoms with van der Waals surface area (Å²) in [4.78, 5) is 23.3. The van der Waals surface area contributed by atoms with Gasteiger partial charge in [-0.2, -0.15) is 0 Å². The molecule has 0 aliphatic carbocycles. The summed E-state index contributed by atoms with van der Waals surface area (Å²) in [5, 5.41) is 2.00. The van der Waals surface area contributed by atoms with Crippen molar-refractivity contribution in [2.75, 3.05) is 5.73 Å². The zero-order chi connectivity index (χ0) is 18.5. The number of amides is 2. The number of imide groups is 1. The molecule has 0 unspecified atom stereocenters. The highest BCUT2D eigenvalue weighted by molar-refractivity contribution is 5.87. The third-order valence-corrected chi connectivity index (χ3v) is 3.05. The predicted octanol–water partition coefficient (Wildman–Crippen LogP) is 3.78. The average Bonchev–Trinajstić information content (AvgIpc) is 2.33. The van der Waals surface area contributed by atoms with Crippen LogP contribution in [0.25, 0.3) is 0 Å². The normalized spacial score (nSPS) is 11.8. The number of benzene rings is 1. The lowest BCUT2D eigenvalue weighted by atomic mass is 9.98. The molecule has 1 aromatic rings. The minimum atomic E-state index is -0.910. The van der Waals surface area contributed by atoms with Crippen LogP contribution in [0.2, 0.25) is 0 Å². The predicted molar refractivity (Wildman–Crippen MR) is 89.1 cm³/mol. The highest BCUT2D eigenvalue weighted by Gasteiger charge is 2.26. The van der Waals surface area contributed by atoms with Crippen molar-refractivity contribution in [2.24, 2.45) is 0 Å². The number of halogens is 1. The van der Waals surface area contributed by atoms with E-state index >= 15 is 0 Å². The van der Waals surface area contributed by atoms with E-state index in [0.29, 0.717) is 24.1 Å². The van der Waals surface area contributed by atoms with Crippen molar-refractivity contribution >= 4 is 17.9 Å². The summed E-state index contributed by atoms with van der Waals surface area (Å²) >= 11 is 0. The highest BCUT2D eigenvalue weighted by atomic mass is 19.1. The summed E-state index contributed by atoms with van der Waals surface area (Å²) in [5.41, 5.74) is 4.73. The maximum Gasteiger partial charge on any atom is 0.417 e. The number of rotatable bonds is 4. The van der Waals surface area contributed by atoms with Crippen LogP contribution in [0.4, 0.5) is 19.7 Å². The molecule has 0 saturated carbocycles. The molecule has 0 bridgehead atoms.